The highest BCUT2D eigenvalue weighted by Gasteiger charge is 2.17. The van der Waals surface area contributed by atoms with E-state index in [1.807, 2.05) is 31.2 Å². The molecule has 2 amide bonds. The fourth-order valence-corrected chi connectivity index (χ4v) is 2.57. The monoisotopic (exact) mass is 261 g/mol. The van der Waals surface area contributed by atoms with Crippen LogP contribution < -0.4 is 10.6 Å². The van der Waals surface area contributed by atoms with Crippen molar-refractivity contribution in [2.45, 2.75) is 19.8 Å². The molecule has 1 heterocycles. The number of urea groups is 1. The minimum absolute atomic E-state index is 0.112. The maximum absolute atomic E-state index is 11.8. The Morgan fingerprint density at radius 3 is 3.05 bits per heavy atom. The van der Waals surface area contributed by atoms with Crippen molar-refractivity contribution in [3.63, 3.8) is 0 Å². The maximum atomic E-state index is 11.8. The number of anilines is 1. The van der Waals surface area contributed by atoms with Crippen LogP contribution in [0.25, 0.3) is 0 Å². The normalized spacial score (nSPS) is 20.0. The Kier molecular flexibility index (Phi) is 4.80. The molecule has 19 heavy (non-hydrogen) atoms. The van der Waals surface area contributed by atoms with Crippen LogP contribution in [0, 0.1) is 12.8 Å². The lowest BCUT2D eigenvalue weighted by molar-refractivity contribution is 0.204. The van der Waals surface area contributed by atoms with Crippen LogP contribution in [-0.4, -0.2) is 37.6 Å². The number of nitrogens with one attached hydrogen (secondary N) is 2. The Balaban J connectivity index is 1.75. The predicted octanol–water partition coefficient (Wildman–Crippen LogP) is 2.46. The highest BCUT2D eigenvalue weighted by Crippen LogP contribution is 2.14. The summed E-state index contributed by atoms with van der Waals surface area (Å²) < 4.78 is 0. The van der Waals surface area contributed by atoms with Gasteiger partial charge in [0.05, 0.1) is 0 Å². The Labute approximate surface area is 115 Å². The van der Waals surface area contributed by atoms with Crippen molar-refractivity contribution in [1.82, 2.24) is 10.2 Å². The van der Waals surface area contributed by atoms with Gasteiger partial charge in [-0.1, -0.05) is 12.1 Å². The van der Waals surface area contributed by atoms with Crippen molar-refractivity contribution in [2.75, 3.05) is 32.0 Å². The average molecular weight is 261 g/mol. The Morgan fingerprint density at radius 1 is 1.47 bits per heavy atom. The van der Waals surface area contributed by atoms with E-state index in [0.29, 0.717) is 5.92 Å². The summed E-state index contributed by atoms with van der Waals surface area (Å²) >= 11 is 0. The second kappa shape index (κ2) is 6.57. The van der Waals surface area contributed by atoms with Gasteiger partial charge in [0.2, 0.25) is 0 Å². The topological polar surface area (TPSA) is 44.4 Å². The molecule has 0 bridgehead atoms. The van der Waals surface area contributed by atoms with Gasteiger partial charge in [-0.25, -0.2) is 4.79 Å². The minimum Gasteiger partial charge on any atom is -0.338 e. The van der Waals surface area contributed by atoms with Gasteiger partial charge in [-0.15, -0.1) is 0 Å². The molecule has 1 aromatic carbocycles. The van der Waals surface area contributed by atoms with Crippen LogP contribution in [-0.2, 0) is 0 Å². The summed E-state index contributed by atoms with van der Waals surface area (Å²) in [5, 5.41) is 5.83. The Morgan fingerprint density at radius 2 is 2.32 bits per heavy atom. The van der Waals surface area contributed by atoms with Crippen LogP contribution >= 0.6 is 0 Å². The molecule has 1 atom stereocenters. The summed E-state index contributed by atoms with van der Waals surface area (Å²) in [6, 6.07) is 7.72. The Bertz CT molecular complexity index is 433. The molecule has 1 saturated heterocycles. The molecule has 0 aliphatic carbocycles. The third kappa shape index (κ3) is 4.56. The highest BCUT2D eigenvalue weighted by molar-refractivity contribution is 5.89. The minimum atomic E-state index is -0.112. The molecule has 1 aliphatic heterocycles. The van der Waals surface area contributed by atoms with Crippen LogP contribution in [0.3, 0.4) is 0 Å². The standard InChI is InChI=1S/C15H23N3O/c1-12-5-3-7-14(9-12)17-15(19)16-10-13-6-4-8-18(2)11-13/h3,5,7,9,13H,4,6,8,10-11H2,1-2H3,(H2,16,17,19). The van der Waals surface area contributed by atoms with Gasteiger partial charge in [-0.05, 0) is 57.0 Å². The first-order valence-electron chi connectivity index (χ1n) is 6.93. The molecule has 104 valence electrons. The van der Waals surface area contributed by atoms with Gasteiger partial charge in [0.1, 0.15) is 0 Å². The van der Waals surface area contributed by atoms with Crippen LogP contribution in [0.1, 0.15) is 18.4 Å². The van der Waals surface area contributed by atoms with E-state index in [1.54, 1.807) is 0 Å². The molecule has 1 fully saturated rings. The summed E-state index contributed by atoms with van der Waals surface area (Å²) in [6.07, 6.45) is 2.43. The number of carbonyl (C=O) groups excluding carboxylic acids is 1. The number of aryl methyl sites for hydroxylation is 1. The molecule has 0 radical (unpaired) electrons. The van der Waals surface area contributed by atoms with Crippen molar-refractivity contribution in [3.8, 4) is 0 Å². The van der Waals surface area contributed by atoms with Gasteiger partial charge in [0.25, 0.3) is 0 Å². The number of rotatable bonds is 3. The lowest BCUT2D eigenvalue weighted by atomic mass is 9.99. The number of carbonyl (C=O) groups is 1. The van der Waals surface area contributed by atoms with Crippen molar-refractivity contribution >= 4 is 11.7 Å². The molecule has 4 nitrogen and oxygen atoms in total. The van der Waals surface area contributed by atoms with Gasteiger partial charge in [-0.2, -0.15) is 0 Å². The van der Waals surface area contributed by atoms with Crippen LogP contribution in [0.2, 0.25) is 0 Å². The van der Waals surface area contributed by atoms with E-state index in [-0.39, 0.29) is 6.03 Å². The lowest BCUT2D eigenvalue weighted by Gasteiger charge is -2.29. The summed E-state index contributed by atoms with van der Waals surface area (Å²) in [4.78, 5) is 14.1. The van der Waals surface area contributed by atoms with Crippen LogP contribution in [0.5, 0.6) is 0 Å². The Hall–Kier alpha value is -1.55. The van der Waals surface area contributed by atoms with Gasteiger partial charge >= 0.3 is 6.03 Å². The summed E-state index contributed by atoms with van der Waals surface area (Å²) in [5.41, 5.74) is 1.99. The largest absolute Gasteiger partial charge is 0.338 e. The number of likely N-dealkylation sites (tertiary alicyclic amines) is 1. The number of piperidine rings is 1. The molecule has 1 aliphatic rings. The summed E-state index contributed by atoms with van der Waals surface area (Å²) in [5.74, 6) is 0.571. The van der Waals surface area contributed by atoms with Gasteiger partial charge in [0.15, 0.2) is 0 Å². The van der Waals surface area contributed by atoms with E-state index < -0.39 is 0 Å². The molecule has 2 rings (SSSR count). The number of hydrogen-bond acceptors (Lipinski definition) is 2. The molecule has 0 aromatic heterocycles. The van der Waals surface area contributed by atoms with Crippen molar-refractivity contribution < 1.29 is 4.79 Å². The maximum Gasteiger partial charge on any atom is 0.319 e. The molecule has 2 N–H and O–H groups in total. The molecular weight excluding hydrogens is 238 g/mol. The number of amides is 2. The summed E-state index contributed by atoms with van der Waals surface area (Å²) in [7, 11) is 2.14. The van der Waals surface area contributed by atoms with Gasteiger partial charge < -0.3 is 15.5 Å². The first kappa shape index (κ1) is 13.9. The number of hydrogen-bond donors (Lipinski definition) is 2. The van der Waals surface area contributed by atoms with E-state index in [4.69, 9.17) is 0 Å². The van der Waals surface area contributed by atoms with E-state index >= 15 is 0 Å². The first-order chi connectivity index (χ1) is 9.13. The zero-order valence-corrected chi connectivity index (χ0v) is 11.8. The number of benzene rings is 1. The van der Waals surface area contributed by atoms with Crippen LogP contribution in [0.15, 0.2) is 24.3 Å². The summed E-state index contributed by atoms with van der Waals surface area (Å²) in [6.45, 7) is 5.01. The molecule has 0 saturated carbocycles. The SMILES string of the molecule is Cc1cccc(NC(=O)NCC2CCCN(C)C2)c1. The van der Waals surface area contributed by atoms with Gasteiger partial charge in [0, 0.05) is 18.8 Å². The van der Waals surface area contributed by atoms with E-state index in [0.717, 1.165) is 24.3 Å². The predicted molar refractivity (Wildman–Crippen MR) is 78.4 cm³/mol. The molecule has 4 heteroatoms. The average Bonchev–Trinajstić information content (AvgIpc) is 2.36. The van der Waals surface area contributed by atoms with E-state index in [2.05, 4.69) is 22.6 Å². The van der Waals surface area contributed by atoms with E-state index in [9.17, 15) is 4.79 Å². The molecule has 1 aromatic rings. The quantitative estimate of drug-likeness (QED) is 0.878. The smallest absolute Gasteiger partial charge is 0.319 e. The fraction of sp³-hybridized carbons (Fsp3) is 0.533. The molecule has 1 unspecified atom stereocenters. The number of nitrogens with zero attached hydrogens (tertiary/aromatic N) is 1. The zero-order chi connectivity index (χ0) is 13.7. The molecular formula is C15H23N3O. The van der Waals surface area contributed by atoms with E-state index in [1.165, 1.54) is 19.4 Å². The van der Waals surface area contributed by atoms with Crippen molar-refractivity contribution in [3.05, 3.63) is 29.8 Å². The molecule has 0 spiro atoms. The second-order valence-corrected chi connectivity index (χ2v) is 5.48. The second-order valence-electron chi connectivity index (χ2n) is 5.48. The van der Waals surface area contributed by atoms with Crippen molar-refractivity contribution in [1.29, 1.82) is 0 Å². The van der Waals surface area contributed by atoms with Crippen molar-refractivity contribution in [2.24, 2.45) is 5.92 Å². The fourth-order valence-electron chi connectivity index (χ4n) is 2.57. The first-order valence-corrected chi connectivity index (χ1v) is 6.93. The lowest BCUT2D eigenvalue weighted by Crippen LogP contribution is -2.40. The van der Waals surface area contributed by atoms with Crippen LogP contribution in [0.4, 0.5) is 10.5 Å². The third-order valence-electron chi connectivity index (χ3n) is 3.55. The van der Waals surface area contributed by atoms with Gasteiger partial charge in [-0.3, -0.25) is 0 Å². The highest BCUT2D eigenvalue weighted by atomic mass is 16.2. The zero-order valence-electron chi connectivity index (χ0n) is 11.8. The third-order valence-corrected chi connectivity index (χ3v) is 3.55.